The molecule has 1 saturated carbocycles. The minimum atomic E-state index is -1.18. The number of hydrogen-bond acceptors (Lipinski definition) is 15. The van der Waals surface area contributed by atoms with E-state index in [0.717, 1.165) is 105 Å². The first-order valence-electron chi connectivity index (χ1n) is 28.8. The van der Waals surface area contributed by atoms with Gasteiger partial charge in [0.15, 0.2) is 11.5 Å². The number of carbonyl (C=O) groups excluding carboxylic acids is 3. The highest BCUT2D eigenvalue weighted by Crippen LogP contribution is 2.34. The minimum absolute atomic E-state index is 0.0384. The molecule has 1 aliphatic carbocycles. The second-order valence-corrected chi connectivity index (χ2v) is 25.0. The van der Waals surface area contributed by atoms with Crippen LogP contribution < -0.4 is 26.4 Å². The number of fused-ring (bicyclic) bond motifs is 1. The number of carbonyl (C=O) groups is 3. The van der Waals surface area contributed by atoms with Crippen LogP contribution in [-0.2, 0) is 33.1 Å². The number of rotatable bonds is 17. The number of β-amino-alcohol motifs (C(OH)–C–C–N with tert-alkyl or cyclic N) is 1. The van der Waals surface area contributed by atoms with Crippen LogP contribution in [0.3, 0.4) is 0 Å². The second-order valence-electron chi connectivity index (χ2n) is 24.2. The number of piperazine rings is 1. The van der Waals surface area contributed by atoms with Crippen molar-refractivity contribution in [1.82, 2.24) is 54.6 Å². The molecular weight excluding hydrogens is 1040 g/mol. The summed E-state index contributed by atoms with van der Waals surface area (Å²) in [6, 6.07) is 20.4. The maximum Gasteiger partial charge on any atom is 0.278 e. The number of aliphatic hydroxyl groups excluding tert-OH is 1. The number of pyridine rings is 1. The fourth-order valence-electron chi connectivity index (χ4n) is 12.2. The Bertz CT molecular complexity index is 3250. The van der Waals surface area contributed by atoms with Crippen molar-refractivity contribution in [2.45, 2.75) is 129 Å². The summed E-state index contributed by atoms with van der Waals surface area (Å²) >= 11 is 1.59. The molecule has 0 radical (unpaired) electrons. The molecule has 430 valence electrons. The lowest BCUT2D eigenvalue weighted by molar-refractivity contribution is -0.144. The molecule has 3 amide bonds. The molecule has 4 aromatic heterocycles. The zero-order chi connectivity index (χ0) is 57.2. The standard InChI is InChI=1S/C61H79N13O6S/c1-8-26-73-57(78)48-35-63-59(68-54(48)74(73)51-11-9-10-50(66-51)61(6,7)80)65-44-18-22-46(23-19-44)71-31-29-69(30-32-71)36-41-14-20-45(21-15-41)70-27-24-43(25-28-70)55(76)67-53(60(3,4)5)58(79)72-37-47(75)33-49(72)56(77)62-34-40-12-16-42(17-13-40)52-39(2)64-38-81-52/h8-13,16-19,22-23,35,38,41,43,45,47,49,53,75,80H,1,14-15,20-21,24-34,36-37H2,2-7H3,(H,62,77)(H,67,76)(H,63,65,68)/t41?,45?,47-,49+,53-/m1/s1. The lowest BCUT2D eigenvalue weighted by Crippen LogP contribution is -2.59. The number of aryl methyl sites for hydroxylation is 1. The Morgan fingerprint density at radius 3 is 2.23 bits per heavy atom. The van der Waals surface area contributed by atoms with Crippen LogP contribution in [0, 0.1) is 24.2 Å². The molecular formula is C61H79N13O6S. The van der Waals surface area contributed by atoms with E-state index in [2.05, 4.69) is 64.3 Å². The van der Waals surface area contributed by atoms with Crippen molar-refractivity contribution in [1.29, 1.82) is 0 Å². The van der Waals surface area contributed by atoms with Gasteiger partial charge in [0, 0.05) is 81.8 Å². The lowest BCUT2D eigenvalue weighted by Gasteiger charge is -2.42. The summed E-state index contributed by atoms with van der Waals surface area (Å²) in [6.45, 7) is 22.2. The fraction of sp³-hybridized carbons (Fsp3) is 0.508. The summed E-state index contributed by atoms with van der Waals surface area (Å²) in [5, 5.41) is 31.2. The zero-order valence-electron chi connectivity index (χ0n) is 47.7. The Morgan fingerprint density at radius 2 is 1.58 bits per heavy atom. The van der Waals surface area contributed by atoms with E-state index in [-0.39, 0.29) is 55.3 Å². The van der Waals surface area contributed by atoms with Crippen molar-refractivity contribution >= 4 is 57.4 Å². The monoisotopic (exact) mass is 1120 g/mol. The van der Waals surface area contributed by atoms with E-state index in [0.29, 0.717) is 40.5 Å². The number of anilines is 3. The van der Waals surface area contributed by atoms with Gasteiger partial charge >= 0.3 is 0 Å². The van der Waals surface area contributed by atoms with Crippen molar-refractivity contribution in [2.24, 2.45) is 17.3 Å². The molecule has 0 bridgehead atoms. The number of allylic oxidation sites excluding steroid dienone is 1. The fourth-order valence-corrected chi connectivity index (χ4v) is 13.0. The maximum absolute atomic E-state index is 14.4. The van der Waals surface area contributed by atoms with E-state index in [4.69, 9.17) is 4.98 Å². The Kier molecular flexibility index (Phi) is 17.2. The predicted molar refractivity (Wildman–Crippen MR) is 316 cm³/mol. The van der Waals surface area contributed by atoms with Gasteiger partial charge in [-0.1, -0.05) is 57.2 Å². The zero-order valence-corrected chi connectivity index (χ0v) is 48.5. The van der Waals surface area contributed by atoms with Gasteiger partial charge in [-0.3, -0.25) is 24.1 Å². The molecule has 4 aliphatic rings. The van der Waals surface area contributed by atoms with E-state index >= 15 is 0 Å². The van der Waals surface area contributed by atoms with Gasteiger partial charge < -0.3 is 40.9 Å². The van der Waals surface area contributed by atoms with E-state index in [9.17, 15) is 29.4 Å². The van der Waals surface area contributed by atoms with Crippen LogP contribution in [0.2, 0.25) is 0 Å². The number of aromatic nitrogens is 6. The van der Waals surface area contributed by atoms with Crippen molar-refractivity contribution in [2.75, 3.05) is 62.6 Å². The molecule has 4 fully saturated rings. The molecule has 5 N–H and O–H groups in total. The number of piperidine rings is 1. The third-order valence-corrected chi connectivity index (χ3v) is 17.8. The summed E-state index contributed by atoms with van der Waals surface area (Å²) in [4.78, 5) is 84.0. The highest BCUT2D eigenvalue weighted by Gasteiger charge is 2.45. The van der Waals surface area contributed by atoms with Crippen molar-refractivity contribution < 1.29 is 24.6 Å². The van der Waals surface area contributed by atoms with E-state index < -0.39 is 29.2 Å². The third kappa shape index (κ3) is 13.1. The van der Waals surface area contributed by atoms with Crippen molar-refractivity contribution in [3.63, 3.8) is 0 Å². The van der Waals surface area contributed by atoms with Gasteiger partial charge in [0.2, 0.25) is 23.7 Å². The average molecular weight is 1120 g/mol. The molecule has 3 atom stereocenters. The largest absolute Gasteiger partial charge is 0.391 e. The molecule has 10 rings (SSSR count). The first-order valence-corrected chi connectivity index (χ1v) is 29.6. The summed E-state index contributed by atoms with van der Waals surface area (Å²) in [6.07, 6.45) is 8.67. The van der Waals surface area contributed by atoms with Crippen molar-refractivity contribution in [3.05, 3.63) is 118 Å². The number of benzene rings is 2. The van der Waals surface area contributed by atoms with Gasteiger partial charge in [0.1, 0.15) is 23.1 Å². The second kappa shape index (κ2) is 24.3. The Labute approximate surface area is 478 Å². The number of aliphatic hydroxyl groups is 2. The smallest absolute Gasteiger partial charge is 0.278 e. The molecule has 81 heavy (non-hydrogen) atoms. The number of nitrogens with one attached hydrogen (secondary N) is 3. The highest BCUT2D eigenvalue weighted by atomic mass is 32.1. The molecule has 19 nitrogen and oxygen atoms in total. The van der Waals surface area contributed by atoms with Crippen LogP contribution in [0.5, 0.6) is 0 Å². The normalized spacial score (nSPS) is 21.0. The van der Waals surface area contributed by atoms with Gasteiger partial charge in [-0.05, 0) is 131 Å². The molecule has 0 unspecified atom stereocenters. The number of thiazole rings is 1. The molecule has 7 heterocycles. The molecule has 2 aromatic carbocycles. The molecule has 3 saturated heterocycles. The number of likely N-dealkylation sites (tertiary alicyclic amines) is 2. The molecule has 20 heteroatoms. The number of nitrogens with zero attached hydrogens (tertiary/aromatic N) is 10. The minimum Gasteiger partial charge on any atom is -0.391 e. The van der Waals surface area contributed by atoms with Crippen LogP contribution in [0.25, 0.3) is 27.3 Å². The summed E-state index contributed by atoms with van der Waals surface area (Å²) in [5.41, 5.74) is 5.56. The Hall–Kier alpha value is -6.84. The first-order chi connectivity index (χ1) is 38.8. The molecule has 0 spiro atoms. The quantitative estimate of drug-likeness (QED) is 0.0596. The number of amides is 3. The third-order valence-electron chi connectivity index (χ3n) is 16.9. The molecule has 3 aliphatic heterocycles. The number of hydrogen-bond donors (Lipinski definition) is 5. The summed E-state index contributed by atoms with van der Waals surface area (Å²) in [7, 11) is 0. The molecule has 6 aromatic rings. The van der Waals surface area contributed by atoms with Crippen LogP contribution in [0.15, 0.2) is 95.9 Å². The summed E-state index contributed by atoms with van der Waals surface area (Å²) in [5.74, 6) is 0.473. The van der Waals surface area contributed by atoms with Gasteiger partial charge in [-0.25, -0.2) is 24.3 Å². The van der Waals surface area contributed by atoms with Crippen LogP contribution in [0.1, 0.15) is 96.5 Å². The van der Waals surface area contributed by atoms with Crippen LogP contribution in [-0.4, -0.2) is 149 Å². The SMILES string of the molecule is C=CCn1c(=O)c2cnc(Nc3ccc(N4CCN(CC5CCC(N6CCC(C(=O)N[C@H](C(=O)N7C[C@H](O)C[C@H]7C(=O)NCc7ccc(-c8scnc8C)cc7)C(C)(C)C)CC6)CC5)CC4)cc3)nc2n1-c1cccc(C(C)(C)O)n1. The van der Waals surface area contributed by atoms with Crippen LogP contribution >= 0.6 is 11.3 Å². The van der Waals surface area contributed by atoms with E-state index in [1.807, 2.05) is 69.6 Å². The Balaban J connectivity index is 0.656. The lowest BCUT2D eigenvalue weighted by atomic mass is 9.83. The predicted octanol–water partition coefficient (Wildman–Crippen LogP) is 6.77. The van der Waals surface area contributed by atoms with Gasteiger partial charge in [-0.15, -0.1) is 17.9 Å². The van der Waals surface area contributed by atoms with Gasteiger partial charge in [0.05, 0.1) is 34.4 Å². The average Bonchev–Trinajstić information content (AvgIpc) is 4.39. The van der Waals surface area contributed by atoms with Gasteiger partial charge in [0.25, 0.3) is 5.56 Å². The van der Waals surface area contributed by atoms with Gasteiger partial charge in [-0.2, -0.15) is 4.98 Å². The highest BCUT2D eigenvalue weighted by molar-refractivity contribution is 7.13. The van der Waals surface area contributed by atoms with E-state index in [1.54, 1.807) is 54.1 Å². The van der Waals surface area contributed by atoms with E-state index in [1.165, 1.54) is 28.6 Å². The maximum atomic E-state index is 14.4. The topological polar surface area (TPSA) is 219 Å². The van der Waals surface area contributed by atoms with Crippen LogP contribution in [0.4, 0.5) is 17.3 Å². The summed E-state index contributed by atoms with van der Waals surface area (Å²) < 4.78 is 3.16. The Morgan fingerprint density at radius 1 is 0.864 bits per heavy atom. The first kappa shape index (κ1) is 57.4. The van der Waals surface area contributed by atoms with Crippen molar-refractivity contribution in [3.8, 4) is 16.3 Å².